The molecule has 0 unspecified atom stereocenters. The quantitative estimate of drug-likeness (QED) is 0.644. The zero-order valence-electron chi connectivity index (χ0n) is 17.3. The van der Waals surface area contributed by atoms with E-state index in [-0.39, 0.29) is 0 Å². The van der Waals surface area contributed by atoms with Gasteiger partial charge in [0, 0.05) is 66.2 Å². The van der Waals surface area contributed by atoms with Gasteiger partial charge in [-0.15, -0.1) is 0 Å². The van der Waals surface area contributed by atoms with Crippen LogP contribution in [0.25, 0.3) is 11.3 Å². The fourth-order valence-electron chi connectivity index (χ4n) is 4.39. The number of anilines is 1. The van der Waals surface area contributed by atoms with Crippen LogP contribution in [-0.4, -0.2) is 46.9 Å². The van der Waals surface area contributed by atoms with Crippen LogP contribution in [0.2, 0.25) is 5.02 Å². The Hall–Kier alpha value is -3.03. The fraction of sp³-hybridized carbons (Fsp3) is 0.304. The van der Waals surface area contributed by atoms with Gasteiger partial charge in [-0.1, -0.05) is 11.6 Å². The zero-order chi connectivity index (χ0) is 21.4. The van der Waals surface area contributed by atoms with Crippen molar-refractivity contribution in [3.05, 3.63) is 64.8 Å². The molecule has 0 saturated carbocycles. The molecule has 160 valence electrons. The summed E-state index contributed by atoms with van der Waals surface area (Å²) in [7, 11) is 0. The summed E-state index contributed by atoms with van der Waals surface area (Å²) in [6, 6.07) is 14.3. The number of aromatic amines is 1. The molecular formula is C23H24ClN5O2. The van der Waals surface area contributed by atoms with Crippen LogP contribution in [0.15, 0.2) is 48.7 Å². The van der Waals surface area contributed by atoms with E-state index in [1.165, 1.54) is 5.69 Å². The average Bonchev–Trinajstić information content (AvgIpc) is 3.22. The van der Waals surface area contributed by atoms with E-state index in [4.69, 9.17) is 16.3 Å². The van der Waals surface area contributed by atoms with Gasteiger partial charge in [0.15, 0.2) is 0 Å². The molecule has 0 aliphatic carbocycles. The average molecular weight is 438 g/mol. The summed E-state index contributed by atoms with van der Waals surface area (Å²) in [6.45, 7) is 6.46. The molecule has 1 amide bonds. The van der Waals surface area contributed by atoms with Crippen molar-refractivity contribution in [2.45, 2.75) is 26.1 Å². The van der Waals surface area contributed by atoms with Gasteiger partial charge >= 0.3 is 6.09 Å². The first kappa shape index (κ1) is 19.9. The molecular weight excluding hydrogens is 414 g/mol. The van der Waals surface area contributed by atoms with Gasteiger partial charge in [-0.3, -0.25) is 10.00 Å². The third-order valence-corrected chi connectivity index (χ3v) is 6.21. The molecule has 5 rings (SSSR count). The summed E-state index contributed by atoms with van der Waals surface area (Å²) >= 11 is 6.04. The number of ether oxygens (including phenoxy) is 1. The van der Waals surface area contributed by atoms with Gasteiger partial charge in [0.2, 0.25) is 0 Å². The number of halogens is 1. The Bertz CT molecular complexity index is 1100. The predicted molar refractivity (Wildman–Crippen MR) is 120 cm³/mol. The highest BCUT2D eigenvalue weighted by atomic mass is 35.5. The summed E-state index contributed by atoms with van der Waals surface area (Å²) < 4.78 is 5.22. The molecule has 31 heavy (non-hydrogen) atoms. The molecule has 7 nitrogen and oxygen atoms in total. The Labute approximate surface area is 185 Å². The van der Waals surface area contributed by atoms with Gasteiger partial charge in [-0.2, -0.15) is 5.10 Å². The van der Waals surface area contributed by atoms with Crippen LogP contribution in [0.4, 0.5) is 10.5 Å². The molecule has 2 N–H and O–H groups in total. The van der Waals surface area contributed by atoms with E-state index >= 15 is 0 Å². The standard InChI is InChI=1S/C23H24ClN5O2/c1-15-13-28(8-9-29(15)20-5-3-19(24)4-6-20)14-18-12-26-27-22(18)16-2-7-21-17(10-16)11-25-23(30)31-21/h2-7,10,12,15H,8-9,11,13-14H2,1H3,(H,25,30)(H,26,27)/t15-/m0/s1. The van der Waals surface area contributed by atoms with Crippen LogP contribution in [0.3, 0.4) is 0 Å². The van der Waals surface area contributed by atoms with Crippen molar-refractivity contribution in [2.24, 2.45) is 0 Å². The van der Waals surface area contributed by atoms with Crippen LogP contribution in [-0.2, 0) is 13.1 Å². The maximum absolute atomic E-state index is 11.4. The highest BCUT2D eigenvalue weighted by Crippen LogP contribution is 2.30. The monoisotopic (exact) mass is 437 g/mol. The minimum Gasteiger partial charge on any atom is -0.410 e. The van der Waals surface area contributed by atoms with Gasteiger partial charge in [-0.05, 0) is 49.4 Å². The van der Waals surface area contributed by atoms with Crippen LogP contribution in [0.1, 0.15) is 18.1 Å². The first-order chi connectivity index (χ1) is 15.1. The predicted octanol–water partition coefficient (Wildman–Crippen LogP) is 4.04. The number of fused-ring (bicyclic) bond motifs is 1. The number of nitrogens with one attached hydrogen (secondary N) is 2. The molecule has 2 aromatic carbocycles. The summed E-state index contributed by atoms with van der Waals surface area (Å²) in [5, 5.41) is 10.9. The number of aromatic nitrogens is 2. The third-order valence-electron chi connectivity index (χ3n) is 5.96. The number of H-pyrrole nitrogens is 1. The van der Waals surface area contributed by atoms with Gasteiger partial charge in [0.05, 0.1) is 11.9 Å². The van der Waals surface area contributed by atoms with Crippen LogP contribution >= 0.6 is 11.6 Å². The SMILES string of the molecule is C[C@H]1CN(Cc2cn[nH]c2-c2ccc3c(c2)CNC(=O)O3)CCN1c1ccc(Cl)cc1. The maximum Gasteiger partial charge on any atom is 0.412 e. The summed E-state index contributed by atoms with van der Waals surface area (Å²) in [5.74, 6) is 0.612. The normalized spacial score (nSPS) is 19.0. The van der Waals surface area contributed by atoms with E-state index in [2.05, 4.69) is 44.4 Å². The second-order valence-corrected chi connectivity index (χ2v) is 8.53. The molecule has 0 spiro atoms. The number of carbonyl (C=O) groups is 1. The van der Waals surface area contributed by atoms with Crippen LogP contribution in [0, 0.1) is 0 Å². The minimum atomic E-state index is -0.408. The molecule has 2 aliphatic rings. The summed E-state index contributed by atoms with van der Waals surface area (Å²) in [5.41, 5.74) is 5.38. The third kappa shape index (κ3) is 4.11. The van der Waals surface area contributed by atoms with E-state index < -0.39 is 6.09 Å². The number of piperazine rings is 1. The van der Waals surface area contributed by atoms with Crippen LogP contribution < -0.4 is 15.0 Å². The van der Waals surface area contributed by atoms with Gasteiger partial charge < -0.3 is 15.0 Å². The molecule has 1 saturated heterocycles. The number of carbonyl (C=O) groups excluding carboxylic acids is 1. The molecule has 0 radical (unpaired) electrons. The van der Waals surface area contributed by atoms with E-state index in [9.17, 15) is 4.79 Å². The van der Waals surface area contributed by atoms with Crippen molar-refractivity contribution >= 4 is 23.4 Å². The fourth-order valence-corrected chi connectivity index (χ4v) is 4.52. The lowest BCUT2D eigenvalue weighted by Gasteiger charge is -2.41. The smallest absolute Gasteiger partial charge is 0.410 e. The molecule has 8 heteroatoms. The largest absolute Gasteiger partial charge is 0.412 e. The molecule has 1 fully saturated rings. The Morgan fingerprint density at radius 1 is 1.19 bits per heavy atom. The Morgan fingerprint density at radius 2 is 2.03 bits per heavy atom. The number of nitrogens with zero attached hydrogens (tertiary/aromatic N) is 3. The molecule has 2 aliphatic heterocycles. The minimum absolute atomic E-state index is 0.398. The highest BCUT2D eigenvalue weighted by molar-refractivity contribution is 6.30. The lowest BCUT2D eigenvalue weighted by molar-refractivity contribution is 0.194. The highest BCUT2D eigenvalue weighted by Gasteiger charge is 2.25. The number of hydrogen-bond acceptors (Lipinski definition) is 5. The first-order valence-electron chi connectivity index (χ1n) is 10.4. The molecule has 3 heterocycles. The Kier molecular flexibility index (Phi) is 5.29. The number of benzene rings is 2. The van der Waals surface area contributed by atoms with E-state index in [0.717, 1.165) is 53.6 Å². The molecule has 1 aromatic heterocycles. The zero-order valence-corrected chi connectivity index (χ0v) is 18.0. The van der Waals surface area contributed by atoms with Gasteiger partial charge in [0.1, 0.15) is 5.75 Å². The first-order valence-corrected chi connectivity index (χ1v) is 10.8. The molecule has 0 bridgehead atoms. The maximum atomic E-state index is 11.4. The van der Waals surface area contributed by atoms with Gasteiger partial charge in [0.25, 0.3) is 0 Å². The van der Waals surface area contributed by atoms with Gasteiger partial charge in [-0.25, -0.2) is 4.79 Å². The Balaban J connectivity index is 1.29. The van der Waals surface area contributed by atoms with Crippen molar-refractivity contribution in [3.8, 4) is 17.0 Å². The van der Waals surface area contributed by atoms with Crippen LogP contribution in [0.5, 0.6) is 5.75 Å². The number of hydrogen-bond donors (Lipinski definition) is 2. The lowest BCUT2D eigenvalue weighted by atomic mass is 10.0. The van der Waals surface area contributed by atoms with Crippen molar-refractivity contribution in [2.75, 3.05) is 24.5 Å². The van der Waals surface area contributed by atoms with Crippen molar-refractivity contribution < 1.29 is 9.53 Å². The molecule has 3 aromatic rings. The lowest BCUT2D eigenvalue weighted by Crippen LogP contribution is -2.51. The van der Waals surface area contributed by atoms with Crippen molar-refractivity contribution in [1.82, 2.24) is 20.4 Å². The van der Waals surface area contributed by atoms with Crippen molar-refractivity contribution in [3.63, 3.8) is 0 Å². The van der Waals surface area contributed by atoms with E-state index in [1.807, 2.05) is 36.5 Å². The van der Waals surface area contributed by atoms with Crippen molar-refractivity contribution in [1.29, 1.82) is 0 Å². The second kappa shape index (κ2) is 8.24. The Morgan fingerprint density at radius 3 is 2.84 bits per heavy atom. The second-order valence-electron chi connectivity index (χ2n) is 8.09. The topological polar surface area (TPSA) is 73.5 Å². The number of amides is 1. The summed E-state index contributed by atoms with van der Waals surface area (Å²) in [6.07, 6.45) is 1.50. The van der Waals surface area contributed by atoms with E-state index in [0.29, 0.717) is 18.3 Å². The molecule has 1 atom stereocenters. The van der Waals surface area contributed by atoms with E-state index in [1.54, 1.807) is 0 Å². The summed E-state index contributed by atoms with van der Waals surface area (Å²) in [4.78, 5) is 16.3. The number of rotatable bonds is 4.